The van der Waals surface area contributed by atoms with Crippen LogP contribution in [0, 0.1) is 12.8 Å². The van der Waals surface area contributed by atoms with Crippen LogP contribution in [0.15, 0.2) is 12.1 Å². The van der Waals surface area contributed by atoms with Crippen molar-refractivity contribution in [2.75, 3.05) is 18.8 Å². The van der Waals surface area contributed by atoms with Crippen LogP contribution in [0.5, 0.6) is 0 Å². The van der Waals surface area contributed by atoms with Gasteiger partial charge in [0.1, 0.15) is 9.71 Å². The number of thiophene rings is 1. The van der Waals surface area contributed by atoms with Crippen LogP contribution < -0.4 is 5.73 Å². The molecule has 3 rings (SSSR count). The molecule has 1 amide bonds. The first-order valence-corrected chi connectivity index (χ1v) is 7.92. The maximum Gasteiger partial charge on any atom is 0.266 e. The lowest BCUT2D eigenvalue weighted by atomic mass is 10.0. The number of hydrogen-bond donors (Lipinski definition) is 2. The minimum atomic E-state index is -0.383. The fraction of sp³-hybridized carbons (Fsp3) is 0.467. The van der Waals surface area contributed by atoms with Crippen molar-refractivity contribution < 1.29 is 9.90 Å². The highest BCUT2D eigenvalue weighted by atomic mass is 32.1. The largest absolute Gasteiger partial charge is 0.397 e. The van der Waals surface area contributed by atoms with Gasteiger partial charge in [0, 0.05) is 30.1 Å². The first-order valence-electron chi connectivity index (χ1n) is 7.10. The van der Waals surface area contributed by atoms with Crippen LogP contribution in [0.4, 0.5) is 5.69 Å². The van der Waals surface area contributed by atoms with E-state index in [0.29, 0.717) is 23.7 Å². The number of hydrogen-bond acceptors (Lipinski definition) is 5. The number of aliphatic hydroxyl groups is 1. The molecule has 2 aromatic rings. The van der Waals surface area contributed by atoms with Crippen LogP contribution in [0.3, 0.4) is 0 Å². The average molecular weight is 305 g/mol. The molecule has 21 heavy (non-hydrogen) atoms. The molecule has 5 nitrogen and oxygen atoms in total. The van der Waals surface area contributed by atoms with Crippen LogP contribution in [-0.4, -0.2) is 40.1 Å². The predicted octanol–water partition coefficient (Wildman–Crippen LogP) is 2.03. The molecule has 2 aromatic heterocycles. The summed E-state index contributed by atoms with van der Waals surface area (Å²) in [6, 6.07) is 3.82. The number of nitrogens with zero attached hydrogens (tertiary/aromatic N) is 2. The number of nitrogen functional groups attached to an aromatic ring is 1. The van der Waals surface area contributed by atoms with Gasteiger partial charge in [-0.05, 0) is 32.4 Å². The lowest BCUT2D eigenvalue weighted by Crippen LogP contribution is -2.30. The van der Waals surface area contributed by atoms with Gasteiger partial charge in [-0.3, -0.25) is 4.79 Å². The normalized spacial score (nSPS) is 20.1. The monoisotopic (exact) mass is 305 g/mol. The zero-order valence-electron chi connectivity index (χ0n) is 12.2. The van der Waals surface area contributed by atoms with E-state index in [4.69, 9.17) is 5.73 Å². The van der Waals surface area contributed by atoms with Crippen molar-refractivity contribution in [3.05, 3.63) is 22.7 Å². The molecule has 3 N–H and O–H groups in total. The quantitative estimate of drug-likeness (QED) is 0.889. The molecule has 0 aliphatic carbocycles. The maximum absolute atomic E-state index is 12.6. The number of aliphatic hydroxyl groups excluding tert-OH is 1. The molecule has 0 spiro atoms. The highest BCUT2D eigenvalue weighted by molar-refractivity contribution is 7.21. The number of rotatable bonds is 2. The van der Waals surface area contributed by atoms with E-state index in [-0.39, 0.29) is 17.9 Å². The third kappa shape index (κ3) is 2.49. The lowest BCUT2D eigenvalue weighted by molar-refractivity contribution is 0.0768. The highest BCUT2D eigenvalue weighted by Crippen LogP contribution is 2.34. The summed E-state index contributed by atoms with van der Waals surface area (Å²) >= 11 is 1.35. The Hall–Kier alpha value is -1.66. The average Bonchev–Trinajstić information content (AvgIpc) is 3.03. The molecule has 1 aliphatic rings. The molecule has 0 radical (unpaired) electrons. The van der Waals surface area contributed by atoms with Crippen molar-refractivity contribution in [3.8, 4) is 0 Å². The number of carbonyl (C=O) groups is 1. The fourth-order valence-electron chi connectivity index (χ4n) is 2.76. The Morgan fingerprint density at radius 2 is 2.33 bits per heavy atom. The fourth-order valence-corrected chi connectivity index (χ4v) is 3.86. The van der Waals surface area contributed by atoms with E-state index in [9.17, 15) is 9.90 Å². The van der Waals surface area contributed by atoms with E-state index >= 15 is 0 Å². The van der Waals surface area contributed by atoms with Crippen molar-refractivity contribution in [1.29, 1.82) is 0 Å². The van der Waals surface area contributed by atoms with Gasteiger partial charge in [-0.25, -0.2) is 4.98 Å². The Morgan fingerprint density at radius 3 is 3.00 bits per heavy atom. The summed E-state index contributed by atoms with van der Waals surface area (Å²) in [6.07, 6.45) is 0.456. The summed E-state index contributed by atoms with van der Waals surface area (Å²) in [5.41, 5.74) is 7.56. The summed E-state index contributed by atoms with van der Waals surface area (Å²) in [5, 5.41) is 10.5. The number of aromatic nitrogens is 1. The highest BCUT2D eigenvalue weighted by Gasteiger charge is 2.31. The molecule has 3 heterocycles. The third-order valence-corrected chi connectivity index (χ3v) is 5.22. The van der Waals surface area contributed by atoms with Gasteiger partial charge in [-0.15, -0.1) is 11.3 Å². The van der Waals surface area contributed by atoms with Crippen LogP contribution in [0.2, 0.25) is 0 Å². The zero-order valence-corrected chi connectivity index (χ0v) is 13.0. The minimum absolute atomic E-state index is 0.0451. The first-order chi connectivity index (χ1) is 9.97. The number of fused-ring (bicyclic) bond motifs is 1. The van der Waals surface area contributed by atoms with Gasteiger partial charge in [0.05, 0.1) is 11.8 Å². The Bertz CT molecular complexity index is 696. The SMILES string of the molecule is Cc1ccc2c(N)c(C(=O)N3CCC(C(C)O)C3)sc2n1. The Labute approximate surface area is 127 Å². The molecule has 2 atom stereocenters. The van der Waals surface area contributed by atoms with Crippen molar-refractivity contribution >= 4 is 33.1 Å². The number of likely N-dealkylation sites (tertiary alicyclic amines) is 1. The van der Waals surface area contributed by atoms with Crippen molar-refractivity contribution in [3.63, 3.8) is 0 Å². The Morgan fingerprint density at radius 1 is 1.57 bits per heavy atom. The van der Waals surface area contributed by atoms with Crippen LogP contribution >= 0.6 is 11.3 Å². The van der Waals surface area contributed by atoms with Gasteiger partial charge in [0.15, 0.2) is 0 Å². The molecule has 1 aliphatic heterocycles. The maximum atomic E-state index is 12.6. The van der Waals surface area contributed by atoms with Gasteiger partial charge in [-0.1, -0.05) is 0 Å². The first kappa shape index (κ1) is 14.3. The minimum Gasteiger partial charge on any atom is -0.397 e. The standard InChI is InChI=1S/C15H19N3O2S/c1-8-3-4-11-12(16)13(21-14(11)17-8)15(20)18-6-5-10(7-18)9(2)19/h3-4,9-10,19H,5-7,16H2,1-2H3. The summed E-state index contributed by atoms with van der Waals surface area (Å²) in [7, 11) is 0. The van der Waals surface area contributed by atoms with Gasteiger partial charge in [0.25, 0.3) is 5.91 Å². The molecule has 1 fully saturated rings. The topological polar surface area (TPSA) is 79.5 Å². The number of pyridine rings is 1. The molecule has 0 aromatic carbocycles. The van der Waals surface area contributed by atoms with Crippen molar-refractivity contribution in [2.45, 2.75) is 26.4 Å². The molecular formula is C15H19N3O2S. The van der Waals surface area contributed by atoms with E-state index in [1.54, 1.807) is 11.8 Å². The lowest BCUT2D eigenvalue weighted by Gasteiger charge is -2.17. The van der Waals surface area contributed by atoms with Gasteiger partial charge < -0.3 is 15.7 Å². The van der Waals surface area contributed by atoms with Gasteiger partial charge in [-0.2, -0.15) is 0 Å². The number of anilines is 1. The Balaban J connectivity index is 1.90. The molecule has 6 heteroatoms. The van der Waals surface area contributed by atoms with E-state index in [2.05, 4.69) is 4.98 Å². The molecular weight excluding hydrogens is 286 g/mol. The van der Waals surface area contributed by atoms with E-state index in [1.807, 2.05) is 19.1 Å². The summed E-state index contributed by atoms with van der Waals surface area (Å²) in [6.45, 7) is 4.97. The molecule has 112 valence electrons. The Kier molecular flexibility index (Phi) is 3.59. The second kappa shape index (κ2) is 5.27. The van der Waals surface area contributed by atoms with Crippen LogP contribution in [0.25, 0.3) is 10.2 Å². The second-order valence-electron chi connectivity index (χ2n) is 5.69. The van der Waals surface area contributed by atoms with Crippen molar-refractivity contribution in [1.82, 2.24) is 9.88 Å². The summed E-state index contributed by atoms with van der Waals surface area (Å²) in [4.78, 5) is 20.2. The molecule has 0 saturated carbocycles. The second-order valence-corrected chi connectivity index (χ2v) is 6.69. The van der Waals surface area contributed by atoms with Gasteiger partial charge in [0.2, 0.25) is 0 Å². The van der Waals surface area contributed by atoms with E-state index in [0.717, 1.165) is 22.3 Å². The smallest absolute Gasteiger partial charge is 0.266 e. The van der Waals surface area contributed by atoms with E-state index in [1.165, 1.54) is 11.3 Å². The summed E-state index contributed by atoms with van der Waals surface area (Å²) < 4.78 is 0. The predicted molar refractivity (Wildman–Crippen MR) is 84.5 cm³/mol. The number of nitrogens with two attached hydrogens (primary N) is 1. The van der Waals surface area contributed by atoms with E-state index < -0.39 is 0 Å². The van der Waals surface area contributed by atoms with Gasteiger partial charge >= 0.3 is 0 Å². The van der Waals surface area contributed by atoms with Crippen LogP contribution in [0.1, 0.15) is 28.7 Å². The number of aryl methyl sites for hydroxylation is 1. The molecule has 2 unspecified atom stereocenters. The summed E-state index contributed by atoms with van der Waals surface area (Å²) in [5.74, 6) is 0.112. The zero-order chi connectivity index (χ0) is 15.1. The molecule has 1 saturated heterocycles. The van der Waals surface area contributed by atoms with Crippen molar-refractivity contribution in [2.24, 2.45) is 5.92 Å². The van der Waals surface area contributed by atoms with Crippen LogP contribution in [-0.2, 0) is 0 Å². The number of amides is 1. The third-order valence-electron chi connectivity index (χ3n) is 4.12. The number of carbonyl (C=O) groups excluding carboxylic acids is 1. The molecule has 0 bridgehead atoms.